The van der Waals surface area contributed by atoms with E-state index in [4.69, 9.17) is 4.42 Å². The third kappa shape index (κ3) is 1.64. The Morgan fingerprint density at radius 3 is 2.85 bits per heavy atom. The van der Waals surface area contributed by atoms with Crippen LogP contribution in [0.4, 0.5) is 0 Å². The topological polar surface area (TPSA) is 93.4 Å². The van der Waals surface area contributed by atoms with Crippen LogP contribution in [0.15, 0.2) is 47.7 Å². The fourth-order valence-corrected chi connectivity index (χ4v) is 1.96. The van der Waals surface area contributed by atoms with Crippen molar-refractivity contribution in [2.45, 2.75) is 0 Å². The van der Waals surface area contributed by atoms with E-state index >= 15 is 0 Å². The first-order valence-electron chi connectivity index (χ1n) is 5.93. The number of aromatic nitrogens is 6. The van der Waals surface area contributed by atoms with Crippen LogP contribution in [0.25, 0.3) is 34.1 Å². The first-order valence-corrected chi connectivity index (χ1v) is 5.93. The van der Waals surface area contributed by atoms with Gasteiger partial charge in [0.05, 0.1) is 18.3 Å². The number of furan rings is 1. The molecule has 7 heteroatoms. The zero-order valence-electron chi connectivity index (χ0n) is 10.2. The summed E-state index contributed by atoms with van der Waals surface area (Å²) in [6.07, 6.45) is 6.28. The Bertz CT molecular complexity index is 853. The van der Waals surface area contributed by atoms with Crippen molar-refractivity contribution < 1.29 is 4.42 Å². The fraction of sp³-hybridized carbons (Fsp3) is 0. The monoisotopic (exact) mass is 264 g/mol. The maximum Gasteiger partial charge on any atom is 0.197 e. The molecule has 0 aromatic carbocycles. The van der Waals surface area contributed by atoms with Crippen LogP contribution in [0.2, 0.25) is 0 Å². The molecule has 0 aliphatic carbocycles. The average molecular weight is 264 g/mol. The molecule has 0 fully saturated rings. The molecule has 0 radical (unpaired) electrons. The molecule has 4 rings (SSSR count). The van der Waals surface area contributed by atoms with Crippen molar-refractivity contribution in [1.82, 2.24) is 29.9 Å². The van der Waals surface area contributed by atoms with Crippen LogP contribution in [-0.2, 0) is 0 Å². The number of fused-ring (bicyclic) bond motifs is 1. The van der Waals surface area contributed by atoms with E-state index in [0.29, 0.717) is 34.1 Å². The number of H-pyrrole nitrogens is 1. The highest BCUT2D eigenvalue weighted by atomic mass is 16.3. The van der Waals surface area contributed by atoms with Crippen molar-refractivity contribution in [1.29, 1.82) is 0 Å². The number of nitrogens with zero attached hydrogens (tertiary/aromatic N) is 5. The molecule has 0 atom stereocenters. The standard InChI is InChI=1S/C13H8N6O/c1-2-9(20-5-1)11-10(8-3-4-14-6-15-8)18-12-13(19-11)17-7-16-12/h1-7H,(H,16,17,18,19). The summed E-state index contributed by atoms with van der Waals surface area (Å²) in [5.74, 6) is 0.627. The maximum absolute atomic E-state index is 5.43. The Labute approximate surface area is 112 Å². The minimum absolute atomic E-state index is 0.536. The SMILES string of the molecule is c1coc(-c2nc3[nH]cnc3nc2-c2ccncn2)c1. The van der Waals surface area contributed by atoms with Gasteiger partial charge in [-0.1, -0.05) is 0 Å². The normalized spacial score (nSPS) is 11.0. The van der Waals surface area contributed by atoms with Gasteiger partial charge in [-0.15, -0.1) is 0 Å². The first kappa shape index (κ1) is 10.8. The third-order valence-corrected chi connectivity index (χ3v) is 2.84. The summed E-state index contributed by atoms with van der Waals surface area (Å²) < 4.78 is 5.43. The summed E-state index contributed by atoms with van der Waals surface area (Å²) >= 11 is 0. The molecule has 0 spiro atoms. The van der Waals surface area contributed by atoms with Crippen molar-refractivity contribution in [3.05, 3.63) is 43.3 Å². The summed E-state index contributed by atoms with van der Waals surface area (Å²) in [7, 11) is 0. The zero-order chi connectivity index (χ0) is 13.4. The summed E-state index contributed by atoms with van der Waals surface area (Å²) in [4.78, 5) is 24.2. The number of hydrogen-bond donors (Lipinski definition) is 1. The molecule has 0 saturated carbocycles. The Morgan fingerprint density at radius 2 is 2.05 bits per heavy atom. The molecule has 7 nitrogen and oxygen atoms in total. The van der Waals surface area contributed by atoms with Crippen LogP contribution in [-0.4, -0.2) is 29.9 Å². The van der Waals surface area contributed by atoms with E-state index in [-0.39, 0.29) is 0 Å². The van der Waals surface area contributed by atoms with Crippen LogP contribution in [0, 0.1) is 0 Å². The second-order valence-corrected chi connectivity index (χ2v) is 4.07. The molecule has 4 aromatic heterocycles. The second-order valence-electron chi connectivity index (χ2n) is 4.07. The highest BCUT2D eigenvalue weighted by Crippen LogP contribution is 2.28. The summed E-state index contributed by atoms with van der Waals surface area (Å²) in [6, 6.07) is 5.41. The van der Waals surface area contributed by atoms with Gasteiger partial charge in [0.1, 0.15) is 17.7 Å². The molecule has 0 aliphatic rings. The van der Waals surface area contributed by atoms with Gasteiger partial charge in [-0.25, -0.2) is 24.9 Å². The Kier molecular flexibility index (Phi) is 2.28. The van der Waals surface area contributed by atoms with Crippen molar-refractivity contribution in [3.8, 4) is 22.8 Å². The molecule has 4 aromatic rings. The van der Waals surface area contributed by atoms with E-state index in [1.807, 2.05) is 6.07 Å². The molecule has 0 saturated heterocycles. The van der Waals surface area contributed by atoms with Gasteiger partial charge in [0.2, 0.25) is 0 Å². The lowest BCUT2D eigenvalue weighted by atomic mass is 10.2. The minimum Gasteiger partial charge on any atom is -0.463 e. The molecule has 96 valence electrons. The predicted molar refractivity (Wildman–Crippen MR) is 70.4 cm³/mol. The van der Waals surface area contributed by atoms with Gasteiger partial charge < -0.3 is 9.40 Å². The van der Waals surface area contributed by atoms with Gasteiger partial charge in [0, 0.05) is 6.20 Å². The van der Waals surface area contributed by atoms with Gasteiger partial charge in [0.15, 0.2) is 17.1 Å². The Balaban J connectivity index is 2.04. The van der Waals surface area contributed by atoms with Crippen LogP contribution < -0.4 is 0 Å². The number of aromatic amines is 1. The quantitative estimate of drug-likeness (QED) is 0.595. The van der Waals surface area contributed by atoms with E-state index in [0.717, 1.165) is 0 Å². The molecule has 4 heterocycles. The molecule has 0 aliphatic heterocycles. The van der Waals surface area contributed by atoms with Crippen LogP contribution in [0.5, 0.6) is 0 Å². The fourth-order valence-electron chi connectivity index (χ4n) is 1.96. The molecule has 1 N–H and O–H groups in total. The lowest BCUT2D eigenvalue weighted by molar-refractivity contribution is 0.580. The molecular formula is C13H8N6O. The summed E-state index contributed by atoms with van der Waals surface area (Å²) in [5, 5.41) is 0. The largest absolute Gasteiger partial charge is 0.463 e. The van der Waals surface area contributed by atoms with E-state index < -0.39 is 0 Å². The average Bonchev–Trinajstić information content (AvgIpc) is 3.17. The first-order chi connectivity index (χ1) is 9.92. The van der Waals surface area contributed by atoms with Gasteiger partial charge in [-0.3, -0.25) is 0 Å². The van der Waals surface area contributed by atoms with E-state index in [1.165, 1.54) is 6.33 Å². The minimum atomic E-state index is 0.536. The number of rotatable bonds is 2. The Morgan fingerprint density at radius 1 is 1.05 bits per heavy atom. The smallest absolute Gasteiger partial charge is 0.197 e. The summed E-state index contributed by atoms with van der Waals surface area (Å²) in [5.41, 5.74) is 3.04. The lowest BCUT2D eigenvalue weighted by Gasteiger charge is -2.04. The molecular weight excluding hydrogens is 256 g/mol. The van der Waals surface area contributed by atoms with Crippen molar-refractivity contribution in [3.63, 3.8) is 0 Å². The molecule has 0 unspecified atom stereocenters. The third-order valence-electron chi connectivity index (χ3n) is 2.84. The second kappa shape index (κ2) is 4.23. The van der Waals surface area contributed by atoms with Gasteiger partial charge in [-0.2, -0.15) is 0 Å². The molecule has 0 bridgehead atoms. The molecule has 0 amide bonds. The van der Waals surface area contributed by atoms with Crippen LogP contribution in [0.1, 0.15) is 0 Å². The van der Waals surface area contributed by atoms with Crippen molar-refractivity contribution in [2.24, 2.45) is 0 Å². The van der Waals surface area contributed by atoms with Crippen LogP contribution in [0.3, 0.4) is 0 Å². The van der Waals surface area contributed by atoms with E-state index in [9.17, 15) is 0 Å². The molecule has 20 heavy (non-hydrogen) atoms. The van der Waals surface area contributed by atoms with Crippen molar-refractivity contribution >= 4 is 11.3 Å². The maximum atomic E-state index is 5.43. The van der Waals surface area contributed by atoms with Crippen LogP contribution >= 0.6 is 0 Å². The van der Waals surface area contributed by atoms with Gasteiger partial charge in [-0.05, 0) is 18.2 Å². The van der Waals surface area contributed by atoms with Gasteiger partial charge in [0.25, 0.3) is 0 Å². The highest BCUT2D eigenvalue weighted by Gasteiger charge is 2.16. The van der Waals surface area contributed by atoms with Gasteiger partial charge >= 0.3 is 0 Å². The number of imidazole rings is 1. The number of nitrogens with one attached hydrogen (secondary N) is 1. The van der Waals surface area contributed by atoms with E-state index in [1.54, 1.807) is 30.9 Å². The highest BCUT2D eigenvalue weighted by molar-refractivity contribution is 5.80. The Hall–Kier alpha value is -3.09. The summed E-state index contributed by atoms with van der Waals surface area (Å²) in [6.45, 7) is 0. The van der Waals surface area contributed by atoms with Crippen molar-refractivity contribution in [2.75, 3.05) is 0 Å². The zero-order valence-corrected chi connectivity index (χ0v) is 10.2. The lowest BCUT2D eigenvalue weighted by Crippen LogP contribution is -1.96. The predicted octanol–water partition coefficient (Wildman–Crippen LogP) is 2.07. The number of hydrogen-bond acceptors (Lipinski definition) is 6. The van der Waals surface area contributed by atoms with E-state index in [2.05, 4.69) is 29.9 Å².